The number of aliphatic imine (C=N–C) groups is 1. The van der Waals surface area contributed by atoms with E-state index >= 15 is 0 Å². The second kappa shape index (κ2) is 7.30. The Labute approximate surface area is 53.6 Å². The molecule has 0 aromatic carbocycles. The second-order valence-electron chi connectivity index (χ2n) is 1.45. The SMILES string of the molecule is O=C=NCCNCCO. The molecule has 0 saturated heterocycles. The van der Waals surface area contributed by atoms with Gasteiger partial charge in [0.05, 0.1) is 13.2 Å². The lowest BCUT2D eigenvalue weighted by molar-refractivity contribution is 0.293. The minimum Gasteiger partial charge on any atom is -0.395 e. The van der Waals surface area contributed by atoms with E-state index in [9.17, 15) is 4.79 Å². The Morgan fingerprint density at radius 1 is 1.56 bits per heavy atom. The minimum absolute atomic E-state index is 0.116. The van der Waals surface area contributed by atoms with Gasteiger partial charge in [-0.25, -0.2) is 9.79 Å². The molecule has 0 amide bonds. The van der Waals surface area contributed by atoms with E-state index in [-0.39, 0.29) is 6.61 Å². The molecule has 0 rings (SSSR count). The Morgan fingerprint density at radius 3 is 2.89 bits per heavy atom. The normalized spacial score (nSPS) is 8.56. The van der Waals surface area contributed by atoms with Crippen LogP contribution in [0.4, 0.5) is 0 Å². The molecule has 2 N–H and O–H groups in total. The van der Waals surface area contributed by atoms with Crippen molar-refractivity contribution in [3.8, 4) is 0 Å². The quantitative estimate of drug-likeness (QED) is 0.282. The molecular weight excluding hydrogens is 120 g/mol. The van der Waals surface area contributed by atoms with Crippen molar-refractivity contribution < 1.29 is 9.90 Å². The summed E-state index contributed by atoms with van der Waals surface area (Å²) < 4.78 is 0. The molecule has 4 heteroatoms. The van der Waals surface area contributed by atoms with Crippen molar-refractivity contribution in [1.82, 2.24) is 5.32 Å². The van der Waals surface area contributed by atoms with Crippen LogP contribution in [-0.2, 0) is 4.79 Å². The number of isocyanates is 1. The van der Waals surface area contributed by atoms with Crippen LogP contribution < -0.4 is 5.32 Å². The number of carbonyl (C=O) groups excluding carboxylic acids is 1. The van der Waals surface area contributed by atoms with Gasteiger partial charge in [0.1, 0.15) is 0 Å². The van der Waals surface area contributed by atoms with Gasteiger partial charge in [0, 0.05) is 13.1 Å². The molecule has 0 saturated carbocycles. The first-order chi connectivity index (χ1) is 4.41. The number of nitrogens with zero attached hydrogens (tertiary/aromatic N) is 1. The topological polar surface area (TPSA) is 61.7 Å². The smallest absolute Gasteiger partial charge is 0.234 e. The third-order valence-electron chi connectivity index (χ3n) is 0.754. The van der Waals surface area contributed by atoms with Crippen LogP contribution in [-0.4, -0.2) is 37.4 Å². The van der Waals surface area contributed by atoms with Gasteiger partial charge < -0.3 is 10.4 Å². The summed E-state index contributed by atoms with van der Waals surface area (Å²) in [6, 6.07) is 0. The fourth-order valence-corrected chi connectivity index (χ4v) is 0.385. The molecule has 0 fully saturated rings. The standard InChI is InChI=1S/C5H10N2O2/c8-4-3-6-1-2-7-5-9/h6,8H,1-4H2. The number of aliphatic hydroxyl groups excluding tert-OH is 1. The summed E-state index contributed by atoms with van der Waals surface area (Å²) in [4.78, 5) is 12.8. The molecule has 0 aliphatic heterocycles. The van der Waals surface area contributed by atoms with Crippen molar-refractivity contribution in [2.45, 2.75) is 0 Å². The molecule has 0 aromatic rings. The molecule has 0 spiro atoms. The minimum atomic E-state index is 0.116. The molecule has 52 valence electrons. The van der Waals surface area contributed by atoms with Crippen molar-refractivity contribution in [2.75, 3.05) is 26.2 Å². The summed E-state index contributed by atoms with van der Waals surface area (Å²) in [6.45, 7) is 1.72. The summed E-state index contributed by atoms with van der Waals surface area (Å²) in [5, 5.41) is 11.1. The van der Waals surface area contributed by atoms with E-state index < -0.39 is 0 Å². The molecule has 0 atom stereocenters. The molecule has 0 aromatic heterocycles. The largest absolute Gasteiger partial charge is 0.395 e. The Bertz CT molecular complexity index is 99.1. The molecular formula is C5H10N2O2. The van der Waals surface area contributed by atoms with Gasteiger partial charge >= 0.3 is 0 Å². The zero-order chi connectivity index (χ0) is 6.95. The van der Waals surface area contributed by atoms with E-state index in [4.69, 9.17) is 5.11 Å². The number of hydrogen-bond acceptors (Lipinski definition) is 4. The zero-order valence-electron chi connectivity index (χ0n) is 5.13. The molecule has 0 aliphatic rings. The first-order valence-electron chi connectivity index (χ1n) is 2.77. The number of nitrogens with one attached hydrogen (secondary N) is 1. The first kappa shape index (κ1) is 8.30. The highest BCUT2D eigenvalue weighted by Gasteiger charge is 1.80. The average molecular weight is 130 g/mol. The van der Waals surface area contributed by atoms with E-state index in [0.717, 1.165) is 0 Å². The third kappa shape index (κ3) is 7.30. The van der Waals surface area contributed by atoms with Gasteiger partial charge in [-0.1, -0.05) is 0 Å². The van der Waals surface area contributed by atoms with Crippen LogP contribution in [0.2, 0.25) is 0 Å². The predicted molar refractivity (Wildman–Crippen MR) is 32.9 cm³/mol. The van der Waals surface area contributed by atoms with Gasteiger partial charge in [0.25, 0.3) is 0 Å². The summed E-state index contributed by atoms with van der Waals surface area (Å²) in [6.07, 6.45) is 1.42. The van der Waals surface area contributed by atoms with Crippen molar-refractivity contribution in [3.05, 3.63) is 0 Å². The van der Waals surface area contributed by atoms with Crippen LogP contribution in [0.15, 0.2) is 4.99 Å². The highest BCUT2D eigenvalue weighted by molar-refractivity contribution is 5.32. The summed E-state index contributed by atoms with van der Waals surface area (Å²) in [5.41, 5.74) is 0. The fraction of sp³-hybridized carbons (Fsp3) is 0.800. The van der Waals surface area contributed by atoms with Crippen LogP contribution in [0.25, 0.3) is 0 Å². The molecule has 4 nitrogen and oxygen atoms in total. The molecule has 0 radical (unpaired) electrons. The highest BCUT2D eigenvalue weighted by atomic mass is 16.3. The third-order valence-corrected chi connectivity index (χ3v) is 0.754. The lowest BCUT2D eigenvalue weighted by Crippen LogP contribution is -2.21. The average Bonchev–Trinajstić information content (AvgIpc) is 1.89. The lowest BCUT2D eigenvalue weighted by Gasteiger charge is -1.95. The van der Waals surface area contributed by atoms with E-state index in [1.807, 2.05) is 0 Å². The van der Waals surface area contributed by atoms with Crippen LogP contribution in [0.3, 0.4) is 0 Å². The van der Waals surface area contributed by atoms with Crippen LogP contribution in [0, 0.1) is 0 Å². The Morgan fingerprint density at radius 2 is 2.33 bits per heavy atom. The van der Waals surface area contributed by atoms with Gasteiger partial charge in [-0.15, -0.1) is 0 Å². The van der Waals surface area contributed by atoms with E-state index in [1.54, 1.807) is 0 Å². The molecule has 0 unspecified atom stereocenters. The van der Waals surface area contributed by atoms with Crippen LogP contribution in [0.5, 0.6) is 0 Å². The Hall–Kier alpha value is -0.700. The number of rotatable bonds is 5. The lowest BCUT2D eigenvalue weighted by atomic mass is 10.6. The maximum Gasteiger partial charge on any atom is 0.234 e. The predicted octanol–water partition coefficient (Wildman–Crippen LogP) is -1.10. The van der Waals surface area contributed by atoms with Gasteiger partial charge in [0.2, 0.25) is 6.08 Å². The highest BCUT2D eigenvalue weighted by Crippen LogP contribution is 1.62. The van der Waals surface area contributed by atoms with Crippen LogP contribution >= 0.6 is 0 Å². The summed E-state index contributed by atoms with van der Waals surface area (Å²) >= 11 is 0. The van der Waals surface area contributed by atoms with Gasteiger partial charge in [-0.2, -0.15) is 0 Å². The molecule has 9 heavy (non-hydrogen) atoms. The second-order valence-corrected chi connectivity index (χ2v) is 1.45. The maximum atomic E-state index is 9.47. The molecule has 0 bridgehead atoms. The van der Waals surface area contributed by atoms with E-state index in [1.165, 1.54) is 6.08 Å². The Kier molecular flexibility index (Phi) is 6.73. The fourth-order valence-electron chi connectivity index (χ4n) is 0.385. The summed E-state index contributed by atoms with van der Waals surface area (Å²) in [7, 11) is 0. The van der Waals surface area contributed by atoms with Gasteiger partial charge in [-0.05, 0) is 0 Å². The number of aliphatic hydroxyl groups is 1. The monoisotopic (exact) mass is 130 g/mol. The first-order valence-corrected chi connectivity index (χ1v) is 2.77. The molecule has 0 aliphatic carbocycles. The number of hydrogen-bond donors (Lipinski definition) is 2. The van der Waals surface area contributed by atoms with E-state index in [2.05, 4.69) is 10.3 Å². The summed E-state index contributed by atoms with van der Waals surface area (Å²) in [5.74, 6) is 0. The van der Waals surface area contributed by atoms with Crippen LogP contribution in [0.1, 0.15) is 0 Å². The zero-order valence-corrected chi connectivity index (χ0v) is 5.13. The van der Waals surface area contributed by atoms with Crippen molar-refractivity contribution >= 4 is 6.08 Å². The van der Waals surface area contributed by atoms with E-state index in [0.29, 0.717) is 19.6 Å². The maximum absolute atomic E-state index is 9.47. The Balaban J connectivity index is 2.82. The van der Waals surface area contributed by atoms with Crippen molar-refractivity contribution in [1.29, 1.82) is 0 Å². The molecule has 0 heterocycles. The van der Waals surface area contributed by atoms with Gasteiger partial charge in [-0.3, -0.25) is 0 Å². The van der Waals surface area contributed by atoms with Crippen molar-refractivity contribution in [2.24, 2.45) is 4.99 Å². The van der Waals surface area contributed by atoms with Gasteiger partial charge in [0.15, 0.2) is 0 Å². The van der Waals surface area contributed by atoms with Crippen molar-refractivity contribution in [3.63, 3.8) is 0 Å².